The highest BCUT2D eigenvalue weighted by molar-refractivity contribution is 6.01. The van der Waals surface area contributed by atoms with E-state index in [2.05, 4.69) is 13.8 Å². The van der Waals surface area contributed by atoms with E-state index in [0.29, 0.717) is 38.9 Å². The number of unbranched alkanes of at least 4 members (excludes halogenated alkanes) is 15. The summed E-state index contributed by atoms with van der Waals surface area (Å²) in [5, 5.41) is 17.1. The molecular formula is C34H56O8. The summed E-state index contributed by atoms with van der Waals surface area (Å²) in [4.78, 5) is 44.3. The van der Waals surface area contributed by atoms with Gasteiger partial charge in [0.05, 0.1) is 24.3 Å². The van der Waals surface area contributed by atoms with Crippen LogP contribution in [0.2, 0.25) is 0 Å². The molecule has 0 saturated carbocycles. The molecule has 0 atom stereocenters. The number of benzene rings is 1. The SMILES string of the molecule is CCCCCCCCCCOC(=O)CCCCC(=O)OCCCCCCCCCC.O=C(O)c1ccccc1C(=O)O. The number of carboxylic acids is 2. The van der Waals surface area contributed by atoms with Crippen LogP contribution in [0.15, 0.2) is 24.3 Å². The summed E-state index contributed by atoms with van der Waals surface area (Å²) in [7, 11) is 0. The molecule has 0 radical (unpaired) electrons. The predicted octanol–water partition coefficient (Wildman–Crippen LogP) is 9.00. The fraction of sp³-hybridized carbons (Fsp3) is 0.706. The third-order valence-corrected chi connectivity index (χ3v) is 6.92. The second-order valence-corrected chi connectivity index (χ2v) is 10.8. The van der Waals surface area contributed by atoms with Crippen LogP contribution in [0, 0.1) is 0 Å². The summed E-state index contributed by atoms with van der Waals surface area (Å²) in [6, 6.07) is 5.48. The molecule has 1 rings (SSSR count). The molecule has 0 fully saturated rings. The number of carboxylic acid groups (broad SMARTS) is 2. The Hall–Kier alpha value is -2.90. The minimum absolute atomic E-state index is 0.134. The Bertz CT molecular complexity index is 783. The second kappa shape index (κ2) is 28.2. The zero-order valence-electron chi connectivity index (χ0n) is 26.2. The monoisotopic (exact) mass is 592 g/mol. The zero-order valence-corrected chi connectivity index (χ0v) is 26.2. The van der Waals surface area contributed by atoms with Gasteiger partial charge in [0, 0.05) is 12.8 Å². The van der Waals surface area contributed by atoms with E-state index in [4.69, 9.17) is 19.7 Å². The molecule has 1 aromatic carbocycles. The smallest absolute Gasteiger partial charge is 0.336 e. The summed E-state index contributed by atoms with van der Waals surface area (Å²) < 4.78 is 10.5. The second-order valence-electron chi connectivity index (χ2n) is 10.8. The third kappa shape index (κ3) is 23.8. The van der Waals surface area contributed by atoms with Gasteiger partial charge in [0.15, 0.2) is 0 Å². The van der Waals surface area contributed by atoms with E-state index in [1.807, 2.05) is 0 Å². The van der Waals surface area contributed by atoms with Gasteiger partial charge in [-0.3, -0.25) is 9.59 Å². The highest BCUT2D eigenvalue weighted by Gasteiger charge is 2.13. The molecule has 8 heteroatoms. The van der Waals surface area contributed by atoms with Crippen LogP contribution in [-0.4, -0.2) is 47.3 Å². The van der Waals surface area contributed by atoms with Gasteiger partial charge in [0.1, 0.15) is 0 Å². The molecule has 0 aromatic heterocycles. The van der Waals surface area contributed by atoms with Crippen LogP contribution in [0.1, 0.15) is 163 Å². The highest BCUT2D eigenvalue weighted by Crippen LogP contribution is 2.11. The molecule has 1 aromatic rings. The van der Waals surface area contributed by atoms with Gasteiger partial charge in [-0.15, -0.1) is 0 Å². The predicted molar refractivity (Wildman–Crippen MR) is 166 cm³/mol. The van der Waals surface area contributed by atoms with Crippen molar-refractivity contribution in [2.24, 2.45) is 0 Å². The number of carbonyl (C=O) groups is 4. The number of esters is 2. The third-order valence-electron chi connectivity index (χ3n) is 6.92. The molecule has 0 amide bonds. The number of hydrogen-bond acceptors (Lipinski definition) is 6. The van der Waals surface area contributed by atoms with Gasteiger partial charge in [-0.25, -0.2) is 9.59 Å². The Labute approximate surface area is 253 Å². The molecule has 0 aliphatic rings. The van der Waals surface area contributed by atoms with Crippen LogP contribution in [-0.2, 0) is 19.1 Å². The Kier molecular flexibility index (Phi) is 26.3. The molecule has 0 aliphatic heterocycles. The molecule has 0 aliphatic carbocycles. The average molecular weight is 593 g/mol. The minimum Gasteiger partial charge on any atom is -0.478 e. The molecule has 8 nitrogen and oxygen atoms in total. The lowest BCUT2D eigenvalue weighted by Crippen LogP contribution is -2.08. The first kappa shape index (κ1) is 39.1. The van der Waals surface area contributed by atoms with E-state index < -0.39 is 11.9 Å². The highest BCUT2D eigenvalue weighted by atomic mass is 16.5. The summed E-state index contributed by atoms with van der Waals surface area (Å²) in [5.41, 5.74) is -0.380. The van der Waals surface area contributed by atoms with Gasteiger partial charge in [0.25, 0.3) is 0 Å². The average Bonchev–Trinajstić information content (AvgIpc) is 2.98. The Morgan fingerprint density at radius 3 is 1.12 bits per heavy atom. The maximum Gasteiger partial charge on any atom is 0.336 e. The first-order valence-electron chi connectivity index (χ1n) is 16.2. The van der Waals surface area contributed by atoms with Crippen molar-refractivity contribution in [1.82, 2.24) is 0 Å². The first-order valence-corrected chi connectivity index (χ1v) is 16.2. The Morgan fingerprint density at radius 2 is 0.810 bits per heavy atom. The van der Waals surface area contributed by atoms with Gasteiger partial charge in [-0.05, 0) is 37.8 Å². The lowest BCUT2D eigenvalue weighted by molar-refractivity contribution is -0.146. The van der Waals surface area contributed by atoms with Crippen molar-refractivity contribution in [3.8, 4) is 0 Å². The quantitative estimate of drug-likeness (QED) is 0.0850. The van der Waals surface area contributed by atoms with Crippen molar-refractivity contribution in [3.63, 3.8) is 0 Å². The molecule has 0 unspecified atom stereocenters. The van der Waals surface area contributed by atoms with E-state index in [1.165, 1.54) is 101 Å². The van der Waals surface area contributed by atoms with Gasteiger partial charge < -0.3 is 19.7 Å². The summed E-state index contributed by atoms with van der Waals surface area (Å²) in [6.07, 6.45) is 22.1. The first-order chi connectivity index (χ1) is 20.3. The van der Waals surface area contributed by atoms with Crippen molar-refractivity contribution in [2.75, 3.05) is 13.2 Å². The van der Waals surface area contributed by atoms with E-state index in [-0.39, 0.29) is 23.1 Å². The van der Waals surface area contributed by atoms with Gasteiger partial charge in [-0.2, -0.15) is 0 Å². The number of rotatable bonds is 25. The van der Waals surface area contributed by atoms with Crippen molar-refractivity contribution >= 4 is 23.9 Å². The van der Waals surface area contributed by atoms with E-state index >= 15 is 0 Å². The van der Waals surface area contributed by atoms with Crippen LogP contribution in [0.25, 0.3) is 0 Å². The normalized spacial score (nSPS) is 10.4. The molecule has 2 N–H and O–H groups in total. The lowest BCUT2D eigenvalue weighted by atomic mass is 10.1. The molecule has 0 heterocycles. The Morgan fingerprint density at radius 1 is 0.500 bits per heavy atom. The van der Waals surface area contributed by atoms with Crippen LogP contribution < -0.4 is 0 Å². The lowest BCUT2D eigenvalue weighted by Gasteiger charge is -2.06. The van der Waals surface area contributed by atoms with Crippen molar-refractivity contribution < 1.29 is 38.9 Å². The minimum atomic E-state index is -1.23. The number of hydrogen-bond donors (Lipinski definition) is 2. The maximum absolute atomic E-state index is 11.7. The van der Waals surface area contributed by atoms with E-state index in [1.54, 1.807) is 0 Å². The molecular weight excluding hydrogens is 536 g/mol. The van der Waals surface area contributed by atoms with E-state index in [0.717, 1.165) is 25.7 Å². The fourth-order valence-corrected chi connectivity index (χ4v) is 4.38. The molecule has 0 saturated heterocycles. The van der Waals surface area contributed by atoms with Crippen LogP contribution in [0.5, 0.6) is 0 Å². The maximum atomic E-state index is 11.7. The van der Waals surface area contributed by atoms with E-state index in [9.17, 15) is 19.2 Å². The standard InChI is InChI=1S/C26H50O4.C8H6O4/c1-3-5-7-9-11-13-15-19-23-29-25(27)21-17-18-22-26(28)30-24-20-16-14-12-10-8-6-4-2;9-7(10)5-3-1-2-4-6(5)8(11)12/h3-24H2,1-2H3;1-4H,(H,9,10)(H,11,12). The van der Waals surface area contributed by atoms with Gasteiger partial charge >= 0.3 is 23.9 Å². The van der Waals surface area contributed by atoms with Crippen molar-refractivity contribution in [3.05, 3.63) is 35.4 Å². The largest absolute Gasteiger partial charge is 0.478 e. The number of aromatic carboxylic acids is 2. The summed E-state index contributed by atoms with van der Waals surface area (Å²) >= 11 is 0. The fourth-order valence-electron chi connectivity index (χ4n) is 4.38. The summed E-state index contributed by atoms with van der Waals surface area (Å²) in [6.45, 7) is 5.54. The Balaban J connectivity index is 0.00000115. The van der Waals surface area contributed by atoms with Gasteiger partial charge in [0.2, 0.25) is 0 Å². The van der Waals surface area contributed by atoms with Crippen molar-refractivity contribution in [2.45, 2.75) is 142 Å². The molecule has 42 heavy (non-hydrogen) atoms. The molecule has 240 valence electrons. The van der Waals surface area contributed by atoms with Crippen LogP contribution in [0.4, 0.5) is 0 Å². The topological polar surface area (TPSA) is 127 Å². The van der Waals surface area contributed by atoms with Crippen LogP contribution >= 0.6 is 0 Å². The number of carbonyl (C=O) groups excluding carboxylic acids is 2. The number of ether oxygens (including phenoxy) is 2. The molecule has 0 bridgehead atoms. The van der Waals surface area contributed by atoms with Gasteiger partial charge in [-0.1, -0.05) is 116 Å². The van der Waals surface area contributed by atoms with Crippen molar-refractivity contribution in [1.29, 1.82) is 0 Å². The molecule has 0 spiro atoms. The summed E-state index contributed by atoms with van der Waals surface area (Å²) in [5.74, 6) is -2.73. The van der Waals surface area contributed by atoms with Crippen LogP contribution in [0.3, 0.4) is 0 Å². The zero-order chi connectivity index (χ0) is 31.3.